The predicted octanol–water partition coefficient (Wildman–Crippen LogP) is 2.16. The number of nitrogens with zero attached hydrogens (tertiary/aromatic N) is 4. The van der Waals surface area contributed by atoms with E-state index in [-0.39, 0.29) is 0 Å². The summed E-state index contributed by atoms with van der Waals surface area (Å²) in [6.45, 7) is 3.95. The molecule has 0 fully saturated rings. The zero-order valence-corrected chi connectivity index (χ0v) is 13.2. The first-order valence-corrected chi connectivity index (χ1v) is 7.63. The highest BCUT2D eigenvalue weighted by Crippen LogP contribution is 2.22. The van der Waals surface area contributed by atoms with Crippen molar-refractivity contribution in [3.8, 4) is 0 Å². The van der Waals surface area contributed by atoms with Gasteiger partial charge in [0, 0.05) is 19.3 Å². The second kappa shape index (κ2) is 6.57. The first kappa shape index (κ1) is 15.3. The van der Waals surface area contributed by atoms with Crippen LogP contribution in [0.2, 0.25) is 0 Å². The Kier molecular flexibility index (Phi) is 4.79. The fourth-order valence-corrected chi connectivity index (χ4v) is 2.11. The van der Waals surface area contributed by atoms with Gasteiger partial charge in [-0.05, 0) is 20.1 Å². The van der Waals surface area contributed by atoms with Gasteiger partial charge in [-0.25, -0.2) is 14.8 Å². The van der Waals surface area contributed by atoms with Gasteiger partial charge in [0.05, 0.1) is 12.3 Å². The molecule has 2 aromatic heterocycles. The molecule has 0 aliphatic carbocycles. The number of hydrogen-bond acceptors (Lipinski definition) is 7. The number of ether oxygens (including phenoxy) is 1. The van der Waals surface area contributed by atoms with E-state index in [1.54, 1.807) is 11.6 Å². The minimum atomic E-state index is -0.452. The molecule has 0 saturated carbocycles. The van der Waals surface area contributed by atoms with Gasteiger partial charge in [-0.1, -0.05) is 11.8 Å². The van der Waals surface area contributed by atoms with Crippen molar-refractivity contribution >= 4 is 29.4 Å². The van der Waals surface area contributed by atoms with Crippen LogP contribution in [0.15, 0.2) is 17.4 Å². The number of hydrogen-bond donors (Lipinski definition) is 1. The summed E-state index contributed by atoms with van der Waals surface area (Å²) in [6.07, 6.45) is 3.35. The Morgan fingerprint density at radius 1 is 1.52 bits per heavy atom. The molecule has 0 aliphatic heterocycles. The second-order valence-electron chi connectivity index (χ2n) is 4.26. The molecule has 0 aliphatic rings. The summed E-state index contributed by atoms with van der Waals surface area (Å²) in [5.41, 5.74) is 1.17. The van der Waals surface area contributed by atoms with Crippen molar-refractivity contribution in [2.24, 2.45) is 7.05 Å². The van der Waals surface area contributed by atoms with Crippen LogP contribution in [0.3, 0.4) is 0 Å². The molecular weight excluding hydrogens is 290 g/mol. The van der Waals surface area contributed by atoms with E-state index in [0.717, 1.165) is 11.5 Å². The summed E-state index contributed by atoms with van der Waals surface area (Å²) in [5, 5.41) is 7.93. The number of anilines is 2. The normalized spacial score (nSPS) is 10.5. The molecule has 112 valence electrons. The number of thioether (sulfide) groups is 1. The minimum absolute atomic E-state index is 0.299. The molecule has 0 aromatic carbocycles. The Labute approximate surface area is 127 Å². The van der Waals surface area contributed by atoms with Gasteiger partial charge in [0.15, 0.2) is 11.0 Å². The molecule has 2 aromatic rings. The van der Waals surface area contributed by atoms with Crippen LogP contribution >= 0.6 is 11.8 Å². The van der Waals surface area contributed by atoms with Crippen LogP contribution in [-0.2, 0) is 11.8 Å². The van der Waals surface area contributed by atoms with Crippen molar-refractivity contribution in [2.45, 2.75) is 19.0 Å². The van der Waals surface area contributed by atoms with Gasteiger partial charge in [0.25, 0.3) is 0 Å². The number of rotatable bonds is 5. The van der Waals surface area contributed by atoms with Crippen molar-refractivity contribution in [2.75, 3.05) is 18.2 Å². The smallest absolute Gasteiger partial charge is 0.343 e. The topological polar surface area (TPSA) is 81.9 Å². The van der Waals surface area contributed by atoms with E-state index in [2.05, 4.69) is 20.4 Å². The van der Waals surface area contributed by atoms with Crippen molar-refractivity contribution in [1.29, 1.82) is 0 Å². The van der Waals surface area contributed by atoms with Crippen LogP contribution in [0.25, 0.3) is 0 Å². The zero-order chi connectivity index (χ0) is 15.4. The summed E-state index contributed by atoms with van der Waals surface area (Å²) in [6, 6.07) is 1.87. The Bertz CT molecular complexity index is 656. The number of aryl methyl sites for hydroxylation is 2. The van der Waals surface area contributed by atoms with Crippen LogP contribution < -0.4 is 5.32 Å². The van der Waals surface area contributed by atoms with Crippen LogP contribution in [0.5, 0.6) is 0 Å². The van der Waals surface area contributed by atoms with Crippen LogP contribution in [-0.4, -0.2) is 38.6 Å². The highest BCUT2D eigenvalue weighted by Gasteiger charge is 2.17. The Morgan fingerprint density at radius 3 is 2.86 bits per heavy atom. The summed E-state index contributed by atoms with van der Waals surface area (Å²) in [4.78, 5) is 20.4. The summed E-state index contributed by atoms with van der Waals surface area (Å²) < 4.78 is 6.71. The number of esters is 1. The average Bonchev–Trinajstić information content (AvgIpc) is 2.77. The largest absolute Gasteiger partial charge is 0.462 e. The molecule has 8 heteroatoms. The predicted molar refractivity (Wildman–Crippen MR) is 81.0 cm³/mol. The van der Waals surface area contributed by atoms with E-state index >= 15 is 0 Å². The van der Waals surface area contributed by atoms with Gasteiger partial charge in [0.1, 0.15) is 11.4 Å². The molecule has 7 nitrogen and oxygen atoms in total. The maximum Gasteiger partial charge on any atom is 0.343 e. The van der Waals surface area contributed by atoms with E-state index < -0.39 is 5.97 Å². The molecule has 0 atom stereocenters. The highest BCUT2D eigenvalue weighted by molar-refractivity contribution is 7.98. The van der Waals surface area contributed by atoms with Crippen LogP contribution in [0, 0.1) is 6.92 Å². The third kappa shape index (κ3) is 3.52. The van der Waals surface area contributed by atoms with Gasteiger partial charge in [0.2, 0.25) is 0 Å². The number of carbonyl (C=O) groups excluding carboxylic acids is 1. The lowest BCUT2D eigenvalue weighted by Gasteiger charge is -2.10. The first-order chi connectivity index (χ1) is 10.0. The van der Waals surface area contributed by atoms with E-state index in [0.29, 0.717) is 23.1 Å². The van der Waals surface area contributed by atoms with Crippen molar-refractivity contribution < 1.29 is 9.53 Å². The van der Waals surface area contributed by atoms with Crippen LogP contribution in [0.4, 0.5) is 11.6 Å². The van der Waals surface area contributed by atoms with E-state index in [1.807, 2.05) is 26.3 Å². The van der Waals surface area contributed by atoms with Crippen molar-refractivity contribution in [3.63, 3.8) is 0 Å². The molecule has 0 unspecified atom stereocenters. The van der Waals surface area contributed by atoms with Gasteiger partial charge >= 0.3 is 5.97 Å². The summed E-state index contributed by atoms with van der Waals surface area (Å²) >= 11 is 1.40. The lowest BCUT2D eigenvalue weighted by Crippen LogP contribution is -2.11. The number of carbonyl (C=O) groups is 1. The molecule has 0 spiro atoms. The third-order valence-corrected chi connectivity index (χ3v) is 3.25. The van der Waals surface area contributed by atoms with Gasteiger partial charge < -0.3 is 10.1 Å². The quantitative estimate of drug-likeness (QED) is 0.515. The number of aromatic nitrogens is 4. The standard InChI is InChI=1S/C13H17N5O2S/c1-5-20-12(19)9-7-14-13(21-4)16-11(9)15-10-6-8(2)17-18(10)3/h6-7H,5H2,1-4H3,(H,14,15,16). The van der Waals surface area contributed by atoms with Crippen molar-refractivity contribution in [3.05, 3.63) is 23.5 Å². The molecule has 21 heavy (non-hydrogen) atoms. The molecular formula is C13H17N5O2S. The van der Waals surface area contributed by atoms with E-state index in [4.69, 9.17) is 4.74 Å². The molecule has 2 rings (SSSR count). The molecule has 0 amide bonds. The SMILES string of the molecule is CCOC(=O)c1cnc(SC)nc1Nc1cc(C)nn1C. The Balaban J connectivity index is 2.39. The molecule has 2 heterocycles. The summed E-state index contributed by atoms with van der Waals surface area (Å²) in [5.74, 6) is 0.700. The minimum Gasteiger partial charge on any atom is -0.462 e. The van der Waals surface area contributed by atoms with E-state index in [1.165, 1.54) is 18.0 Å². The third-order valence-electron chi connectivity index (χ3n) is 2.69. The van der Waals surface area contributed by atoms with Gasteiger partial charge in [-0.3, -0.25) is 4.68 Å². The lowest BCUT2D eigenvalue weighted by molar-refractivity contribution is 0.0526. The first-order valence-electron chi connectivity index (χ1n) is 6.41. The van der Waals surface area contributed by atoms with Gasteiger partial charge in [-0.15, -0.1) is 0 Å². The molecule has 0 bridgehead atoms. The second-order valence-corrected chi connectivity index (χ2v) is 5.03. The van der Waals surface area contributed by atoms with Crippen LogP contribution in [0.1, 0.15) is 23.0 Å². The Morgan fingerprint density at radius 2 is 2.29 bits per heavy atom. The van der Waals surface area contributed by atoms with E-state index in [9.17, 15) is 4.79 Å². The van der Waals surface area contributed by atoms with Gasteiger partial charge in [-0.2, -0.15) is 5.10 Å². The maximum atomic E-state index is 12.0. The highest BCUT2D eigenvalue weighted by atomic mass is 32.2. The zero-order valence-electron chi connectivity index (χ0n) is 12.4. The fraction of sp³-hybridized carbons (Fsp3) is 0.385. The Hall–Kier alpha value is -2.09. The molecule has 0 saturated heterocycles. The summed E-state index contributed by atoms with van der Waals surface area (Å²) in [7, 11) is 1.82. The molecule has 1 N–H and O–H groups in total. The fourth-order valence-electron chi connectivity index (χ4n) is 1.77. The molecule has 0 radical (unpaired) electrons. The monoisotopic (exact) mass is 307 g/mol. The van der Waals surface area contributed by atoms with Crippen molar-refractivity contribution in [1.82, 2.24) is 19.7 Å². The average molecular weight is 307 g/mol. The number of nitrogens with one attached hydrogen (secondary N) is 1. The maximum absolute atomic E-state index is 12.0. The lowest BCUT2D eigenvalue weighted by atomic mass is 10.3.